The first-order valence-corrected chi connectivity index (χ1v) is 9.39. The SMILES string of the molecule is Cc1oc(-c2ccc(CC(=O)c3ccccc3Cl)cc2)nc1-c1ccccc1. The molecule has 0 spiro atoms. The van der Waals surface area contributed by atoms with Gasteiger partial charge in [-0.05, 0) is 36.8 Å². The molecule has 0 aliphatic heterocycles. The Bertz CT molecular complexity index is 1120. The van der Waals surface area contributed by atoms with E-state index in [0.29, 0.717) is 22.9 Å². The van der Waals surface area contributed by atoms with Crippen LogP contribution in [0.5, 0.6) is 0 Å². The Morgan fingerprint density at radius 3 is 2.29 bits per heavy atom. The summed E-state index contributed by atoms with van der Waals surface area (Å²) in [4.78, 5) is 17.1. The fraction of sp³-hybridized carbons (Fsp3) is 0.0833. The number of oxazole rings is 1. The van der Waals surface area contributed by atoms with Crippen LogP contribution in [0.15, 0.2) is 83.3 Å². The van der Waals surface area contributed by atoms with E-state index in [1.807, 2.05) is 73.7 Å². The van der Waals surface area contributed by atoms with Gasteiger partial charge in [0.25, 0.3) is 0 Å². The zero-order valence-corrected chi connectivity index (χ0v) is 16.1. The largest absolute Gasteiger partial charge is 0.441 e. The number of hydrogen-bond acceptors (Lipinski definition) is 3. The molecule has 0 fully saturated rings. The minimum atomic E-state index is -0.00307. The van der Waals surface area contributed by atoms with E-state index in [4.69, 9.17) is 16.0 Å². The first-order valence-electron chi connectivity index (χ1n) is 9.02. The number of aryl methyl sites for hydroxylation is 1. The van der Waals surface area contributed by atoms with Gasteiger partial charge in [-0.1, -0.05) is 66.2 Å². The molecule has 0 saturated carbocycles. The molecule has 0 radical (unpaired) electrons. The quantitative estimate of drug-likeness (QED) is 0.372. The van der Waals surface area contributed by atoms with E-state index in [2.05, 4.69) is 4.98 Å². The molecule has 4 heteroatoms. The fourth-order valence-corrected chi connectivity index (χ4v) is 3.36. The van der Waals surface area contributed by atoms with Gasteiger partial charge in [0.05, 0.1) is 5.02 Å². The molecular formula is C24H18ClNO2. The van der Waals surface area contributed by atoms with Gasteiger partial charge < -0.3 is 4.42 Å². The third-order valence-corrected chi connectivity index (χ3v) is 4.91. The molecule has 4 aromatic rings. The second kappa shape index (κ2) is 7.83. The molecule has 1 aromatic heterocycles. The molecule has 0 unspecified atom stereocenters. The molecule has 0 amide bonds. The van der Waals surface area contributed by atoms with Crippen molar-refractivity contribution in [2.24, 2.45) is 0 Å². The average Bonchev–Trinajstić information content (AvgIpc) is 3.11. The average molecular weight is 388 g/mol. The molecule has 138 valence electrons. The van der Waals surface area contributed by atoms with Crippen molar-refractivity contribution in [1.29, 1.82) is 0 Å². The molecule has 3 aromatic carbocycles. The maximum Gasteiger partial charge on any atom is 0.226 e. The topological polar surface area (TPSA) is 43.1 Å². The van der Waals surface area contributed by atoms with E-state index in [0.717, 1.165) is 28.1 Å². The van der Waals surface area contributed by atoms with Gasteiger partial charge in [-0.15, -0.1) is 0 Å². The Morgan fingerprint density at radius 1 is 0.893 bits per heavy atom. The predicted octanol–water partition coefficient (Wildman–Crippen LogP) is 6.40. The van der Waals surface area contributed by atoms with E-state index >= 15 is 0 Å². The predicted molar refractivity (Wildman–Crippen MR) is 112 cm³/mol. The maximum atomic E-state index is 12.5. The number of hydrogen-bond donors (Lipinski definition) is 0. The van der Waals surface area contributed by atoms with Crippen LogP contribution < -0.4 is 0 Å². The Balaban J connectivity index is 1.54. The Morgan fingerprint density at radius 2 is 1.57 bits per heavy atom. The maximum absolute atomic E-state index is 12.5. The summed E-state index contributed by atoms with van der Waals surface area (Å²) >= 11 is 6.12. The second-order valence-electron chi connectivity index (χ2n) is 6.57. The van der Waals surface area contributed by atoms with Gasteiger partial charge in [0.1, 0.15) is 11.5 Å². The molecule has 4 rings (SSSR count). The van der Waals surface area contributed by atoms with Crippen LogP contribution in [0.3, 0.4) is 0 Å². The number of halogens is 1. The summed E-state index contributed by atoms with van der Waals surface area (Å²) in [6, 6.07) is 24.8. The van der Waals surface area contributed by atoms with Crippen LogP contribution >= 0.6 is 11.6 Å². The van der Waals surface area contributed by atoms with Gasteiger partial charge in [-0.25, -0.2) is 4.98 Å². The summed E-state index contributed by atoms with van der Waals surface area (Å²) in [5.74, 6) is 1.34. The van der Waals surface area contributed by atoms with Crippen molar-refractivity contribution in [3.05, 3.63) is 101 Å². The van der Waals surface area contributed by atoms with E-state index < -0.39 is 0 Å². The van der Waals surface area contributed by atoms with E-state index in [1.165, 1.54) is 0 Å². The number of rotatable bonds is 5. The summed E-state index contributed by atoms with van der Waals surface area (Å²) < 4.78 is 5.87. The van der Waals surface area contributed by atoms with Gasteiger partial charge in [-0.3, -0.25) is 4.79 Å². The molecule has 3 nitrogen and oxygen atoms in total. The number of carbonyl (C=O) groups excluding carboxylic acids is 1. The first-order chi connectivity index (χ1) is 13.6. The van der Waals surface area contributed by atoms with Crippen molar-refractivity contribution in [2.75, 3.05) is 0 Å². The summed E-state index contributed by atoms with van der Waals surface area (Å²) in [6.07, 6.45) is 0.296. The van der Waals surface area contributed by atoms with Crippen molar-refractivity contribution >= 4 is 17.4 Å². The Labute approximate surface area is 168 Å². The third-order valence-electron chi connectivity index (χ3n) is 4.58. The molecular weight excluding hydrogens is 370 g/mol. The van der Waals surface area contributed by atoms with Gasteiger partial charge in [0.15, 0.2) is 5.78 Å². The number of ketones is 1. The van der Waals surface area contributed by atoms with Crippen molar-refractivity contribution in [3.63, 3.8) is 0 Å². The summed E-state index contributed by atoms with van der Waals surface area (Å²) in [6.45, 7) is 1.91. The minimum Gasteiger partial charge on any atom is -0.441 e. The molecule has 1 heterocycles. The second-order valence-corrected chi connectivity index (χ2v) is 6.97. The van der Waals surface area contributed by atoms with Crippen LogP contribution in [0.2, 0.25) is 5.02 Å². The van der Waals surface area contributed by atoms with Crippen LogP contribution in [0, 0.1) is 6.92 Å². The van der Waals surface area contributed by atoms with Crippen LogP contribution in [0.25, 0.3) is 22.7 Å². The number of nitrogens with zero attached hydrogens (tertiary/aromatic N) is 1. The highest BCUT2D eigenvalue weighted by Gasteiger charge is 2.14. The lowest BCUT2D eigenvalue weighted by atomic mass is 10.0. The number of carbonyl (C=O) groups is 1. The molecule has 0 bridgehead atoms. The number of aromatic nitrogens is 1. The lowest BCUT2D eigenvalue weighted by Crippen LogP contribution is -2.04. The summed E-state index contributed by atoms with van der Waals surface area (Å²) in [7, 11) is 0. The molecule has 28 heavy (non-hydrogen) atoms. The van der Waals surface area contributed by atoms with Crippen molar-refractivity contribution < 1.29 is 9.21 Å². The van der Waals surface area contributed by atoms with Gasteiger partial charge >= 0.3 is 0 Å². The van der Waals surface area contributed by atoms with Crippen LogP contribution in [0.1, 0.15) is 21.7 Å². The molecule has 0 aliphatic carbocycles. The zero-order valence-electron chi connectivity index (χ0n) is 15.4. The van der Waals surface area contributed by atoms with Crippen LogP contribution in [0.4, 0.5) is 0 Å². The van der Waals surface area contributed by atoms with Gasteiger partial charge in [0, 0.05) is 23.1 Å². The van der Waals surface area contributed by atoms with E-state index in [1.54, 1.807) is 12.1 Å². The Kier molecular flexibility index (Phi) is 5.09. The zero-order chi connectivity index (χ0) is 19.5. The minimum absolute atomic E-state index is 0.00307. The number of benzene rings is 3. The first kappa shape index (κ1) is 18.2. The monoisotopic (exact) mass is 387 g/mol. The van der Waals surface area contributed by atoms with Gasteiger partial charge in [0.2, 0.25) is 5.89 Å². The van der Waals surface area contributed by atoms with E-state index in [9.17, 15) is 4.79 Å². The summed E-state index contributed by atoms with van der Waals surface area (Å²) in [5.41, 5.74) is 4.20. The lowest BCUT2D eigenvalue weighted by molar-refractivity contribution is 0.0993. The third kappa shape index (κ3) is 3.75. The van der Waals surface area contributed by atoms with E-state index in [-0.39, 0.29) is 5.78 Å². The molecule has 0 N–H and O–H groups in total. The highest BCUT2D eigenvalue weighted by molar-refractivity contribution is 6.34. The lowest BCUT2D eigenvalue weighted by Gasteiger charge is -2.04. The Hall–Kier alpha value is -3.17. The fourth-order valence-electron chi connectivity index (χ4n) is 3.12. The molecule has 0 aliphatic rings. The highest BCUT2D eigenvalue weighted by Crippen LogP contribution is 2.28. The van der Waals surface area contributed by atoms with Crippen LogP contribution in [-0.2, 0) is 6.42 Å². The van der Waals surface area contributed by atoms with Crippen LogP contribution in [-0.4, -0.2) is 10.8 Å². The highest BCUT2D eigenvalue weighted by atomic mass is 35.5. The standard InChI is InChI=1S/C24H18ClNO2/c1-16-23(18-7-3-2-4-8-18)26-24(28-16)19-13-11-17(12-14-19)15-22(27)20-9-5-6-10-21(20)25/h2-14H,15H2,1H3. The van der Waals surface area contributed by atoms with Crippen molar-refractivity contribution in [3.8, 4) is 22.7 Å². The summed E-state index contributed by atoms with van der Waals surface area (Å²) in [5, 5.41) is 0.479. The van der Waals surface area contributed by atoms with Gasteiger partial charge in [-0.2, -0.15) is 0 Å². The molecule has 0 atom stereocenters. The smallest absolute Gasteiger partial charge is 0.226 e. The molecule has 0 saturated heterocycles. The number of Topliss-reactive ketones (excluding diaryl/α,β-unsaturated/α-hetero) is 1. The van der Waals surface area contributed by atoms with Crippen molar-refractivity contribution in [2.45, 2.75) is 13.3 Å². The van der Waals surface area contributed by atoms with Crippen molar-refractivity contribution in [1.82, 2.24) is 4.98 Å². The normalized spacial score (nSPS) is 10.8.